The van der Waals surface area contributed by atoms with Crippen molar-refractivity contribution in [2.45, 2.75) is 6.54 Å². The van der Waals surface area contributed by atoms with E-state index in [9.17, 15) is 0 Å². The SMILES string of the molecule is N=C(N)c1ccccc1Cn1ccnc1-c1cccs1. The Balaban J connectivity index is 1.97. The summed E-state index contributed by atoms with van der Waals surface area (Å²) in [5, 5.41) is 9.69. The highest BCUT2D eigenvalue weighted by Gasteiger charge is 2.10. The number of hydrogen-bond donors (Lipinski definition) is 2. The maximum atomic E-state index is 7.65. The quantitative estimate of drug-likeness (QED) is 0.570. The summed E-state index contributed by atoms with van der Waals surface area (Å²) in [5.41, 5.74) is 7.44. The number of nitrogen functional groups attached to an aromatic ring is 1. The van der Waals surface area contributed by atoms with Gasteiger partial charge in [-0.2, -0.15) is 0 Å². The summed E-state index contributed by atoms with van der Waals surface area (Å²) in [7, 11) is 0. The zero-order valence-corrected chi connectivity index (χ0v) is 11.6. The molecular formula is C15H14N4S. The van der Waals surface area contributed by atoms with E-state index in [2.05, 4.69) is 15.6 Å². The summed E-state index contributed by atoms with van der Waals surface area (Å²) in [6.07, 6.45) is 3.75. The molecule has 0 aliphatic carbocycles. The van der Waals surface area contributed by atoms with E-state index < -0.39 is 0 Å². The number of nitrogens with two attached hydrogens (primary N) is 1. The number of rotatable bonds is 4. The van der Waals surface area contributed by atoms with Crippen molar-refractivity contribution < 1.29 is 0 Å². The van der Waals surface area contributed by atoms with Crippen molar-refractivity contribution in [3.05, 3.63) is 65.3 Å². The number of nitrogens with one attached hydrogen (secondary N) is 1. The minimum atomic E-state index is 0.0957. The van der Waals surface area contributed by atoms with E-state index >= 15 is 0 Å². The second-order valence-electron chi connectivity index (χ2n) is 4.43. The van der Waals surface area contributed by atoms with Crippen molar-refractivity contribution in [3.63, 3.8) is 0 Å². The number of imidazole rings is 1. The number of thiophene rings is 1. The molecule has 0 saturated carbocycles. The Labute approximate surface area is 121 Å². The highest BCUT2D eigenvalue weighted by atomic mass is 32.1. The van der Waals surface area contributed by atoms with Crippen LogP contribution in [0, 0.1) is 5.41 Å². The van der Waals surface area contributed by atoms with Crippen LogP contribution in [0.4, 0.5) is 0 Å². The number of benzene rings is 1. The van der Waals surface area contributed by atoms with Crippen molar-refractivity contribution in [1.82, 2.24) is 9.55 Å². The number of amidine groups is 1. The Hall–Kier alpha value is -2.40. The molecule has 3 aromatic rings. The van der Waals surface area contributed by atoms with Gasteiger partial charge in [0.2, 0.25) is 0 Å². The van der Waals surface area contributed by atoms with Crippen molar-refractivity contribution in [3.8, 4) is 10.7 Å². The van der Waals surface area contributed by atoms with Gasteiger partial charge in [0.05, 0.1) is 4.88 Å². The van der Waals surface area contributed by atoms with Gasteiger partial charge in [0.1, 0.15) is 11.7 Å². The Morgan fingerprint density at radius 1 is 1.25 bits per heavy atom. The lowest BCUT2D eigenvalue weighted by Gasteiger charge is -2.10. The monoisotopic (exact) mass is 282 g/mol. The van der Waals surface area contributed by atoms with E-state index in [0.717, 1.165) is 21.8 Å². The van der Waals surface area contributed by atoms with Crippen LogP contribution in [0.1, 0.15) is 11.1 Å². The van der Waals surface area contributed by atoms with Crippen LogP contribution >= 0.6 is 11.3 Å². The molecule has 0 spiro atoms. The molecule has 3 N–H and O–H groups in total. The summed E-state index contributed by atoms with van der Waals surface area (Å²) in [6, 6.07) is 11.8. The molecule has 100 valence electrons. The minimum Gasteiger partial charge on any atom is -0.384 e. The molecule has 0 radical (unpaired) electrons. The third kappa shape index (κ3) is 2.35. The maximum Gasteiger partial charge on any atom is 0.150 e. The van der Waals surface area contributed by atoms with Crippen LogP contribution in [0.25, 0.3) is 10.7 Å². The number of aromatic nitrogens is 2. The third-order valence-electron chi connectivity index (χ3n) is 3.11. The molecule has 0 saturated heterocycles. The van der Waals surface area contributed by atoms with Crippen LogP contribution in [0.15, 0.2) is 54.2 Å². The van der Waals surface area contributed by atoms with Gasteiger partial charge in [0.15, 0.2) is 0 Å². The van der Waals surface area contributed by atoms with Gasteiger partial charge in [-0.15, -0.1) is 11.3 Å². The van der Waals surface area contributed by atoms with Crippen molar-refractivity contribution in [2.75, 3.05) is 0 Å². The molecule has 0 amide bonds. The van der Waals surface area contributed by atoms with Gasteiger partial charge >= 0.3 is 0 Å². The third-order valence-corrected chi connectivity index (χ3v) is 3.97. The van der Waals surface area contributed by atoms with Crippen molar-refractivity contribution in [2.24, 2.45) is 5.73 Å². The molecule has 2 aromatic heterocycles. The van der Waals surface area contributed by atoms with Gasteiger partial charge in [-0.05, 0) is 17.0 Å². The molecule has 0 bridgehead atoms. The first-order valence-corrected chi connectivity index (χ1v) is 7.11. The topological polar surface area (TPSA) is 67.7 Å². The first-order valence-electron chi connectivity index (χ1n) is 6.23. The smallest absolute Gasteiger partial charge is 0.150 e. The molecule has 0 aliphatic rings. The first kappa shape index (κ1) is 12.6. The van der Waals surface area contributed by atoms with Crippen LogP contribution in [-0.4, -0.2) is 15.4 Å². The standard InChI is InChI=1S/C15H14N4S/c16-14(17)12-5-2-1-4-11(12)10-19-8-7-18-15(19)13-6-3-9-20-13/h1-9H,10H2,(H3,16,17). The first-order chi connectivity index (χ1) is 9.75. The lowest BCUT2D eigenvalue weighted by Crippen LogP contribution is -2.15. The van der Waals surface area contributed by atoms with Gasteiger partial charge in [0.25, 0.3) is 0 Å². The lowest BCUT2D eigenvalue weighted by atomic mass is 10.1. The summed E-state index contributed by atoms with van der Waals surface area (Å²) in [6.45, 7) is 0.656. The summed E-state index contributed by atoms with van der Waals surface area (Å²) in [4.78, 5) is 5.55. The summed E-state index contributed by atoms with van der Waals surface area (Å²) < 4.78 is 2.08. The molecular weight excluding hydrogens is 268 g/mol. The van der Waals surface area contributed by atoms with Crippen LogP contribution in [-0.2, 0) is 6.54 Å². The maximum absolute atomic E-state index is 7.65. The summed E-state index contributed by atoms with van der Waals surface area (Å²) >= 11 is 1.67. The zero-order chi connectivity index (χ0) is 13.9. The molecule has 5 heteroatoms. The Kier molecular flexibility index (Phi) is 3.35. The second-order valence-corrected chi connectivity index (χ2v) is 5.37. The second kappa shape index (κ2) is 5.30. The number of hydrogen-bond acceptors (Lipinski definition) is 3. The molecule has 0 atom stereocenters. The molecule has 0 unspecified atom stereocenters. The predicted octanol–water partition coefficient (Wildman–Crippen LogP) is 2.94. The molecule has 1 aromatic carbocycles. The van der Waals surface area contributed by atoms with E-state index in [1.807, 2.05) is 41.9 Å². The van der Waals surface area contributed by atoms with Gasteiger partial charge in [-0.25, -0.2) is 4.98 Å². The number of nitrogens with zero attached hydrogens (tertiary/aromatic N) is 2. The van der Waals surface area contributed by atoms with Crippen molar-refractivity contribution >= 4 is 17.2 Å². The molecule has 2 heterocycles. The summed E-state index contributed by atoms with van der Waals surface area (Å²) in [5.74, 6) is 1.04. The van der Waals surface area contributed by atoms with Crippen LogP contribution < -0.4 is 5.73 Å². The fraction of sp³-hybridized carbons (Fsp3) is 0.0667. The average Bonchev–Trinajstić information content (AvgIpc) is 3.09. The van der Waals surface area contributed by atoms with E-state index in [0.29, 0.717) is 6.54 Å². The van der Waals surface area contributed by atoms with Gasteiger partial charge < -0.3 is 10.3 Å². The zero-order valence-electron chi connectivity index (χ0n) is 10.8. The van der Waals surface area contributed by atoms with Crippen LogP contribution in [0.3, 0.4) is 0 Å². The lowest BCUT2D eigenvalue weighted by molar-refractivity contribution is 0.807. The van der Waals surface area contributed by atoms with E-state index in [4.69, 9.17) is 11.1 Å². The van der Waals surface area contributed by atoms with Crippen LogP contribution in [0.5, 0.6) is 0 Å². The van der Waals surface area contributed by atoms with Gasteiger partial charge in [-0.1, -0.05) is 30.3 Å². The van der Waals surface area contributed by atoms with E-state index in [1.54, 1.807) is 17.5 Å². The van der Waals surface area contributed by atoms with Crippen LogP contribution in [0.2, 0.25) is 0 Å². The fourth-order valence-corrected chi connectivity index (χ4v) is 2.91. The Morgan fingerprint density at radius 2 is 2.10 bits per heavy atom. The molecule has 0 aliphatic heterocycles. The Bertz CT molecular complexity index is 728. The highest BCUT2D eigenvalue weighted by Crippen LogP contribution is 2.24. The molecule has 0 fully saturated rings. The van der Waals surface area contributed by atoms with E-state index in [1.165, 1.54) is 0 Å². The molecule has 3 rings (SSSR count). The normalized spacial score (nSPS) is 10.6. The van der Waals surface area contributed by atoms with Gasteiger partial charge in [-0.3, -0.25) is 5.41 Å². The average molecular weight is 282 g/mol. The fourth-order valence-electron chi connectivity index (χ4n) is 2.17. The van der Waals surface area contributed by atoms with Crippen molar-refractivity contribution in [1.29, 1.82) is 5.41 Å². The molecule has 4 nitrogen and oxygen atoms in total. The molecule has 20 heavy (non-hydrogen) atoms. The predicted molar refractivity (Wildman–Crippen MR) is 82.1 cm³/mol. The largest absolute Gasteiger partial charge is 0.384 e. The minimum absolute atomic E-state index is 0.0957. The van der Waals surface area contributed by atoms with E-state index in [-0.39, 0.29) is 5.84 Å². The highest BCUT2D eigenvalue weighted by molar-refractivity contribution is 7.13. The van der Waals surface area contributed by atoms with Gasteiger partial charge in [0, 0.05) is 24.5 Å². The Morgan fingerprint density at radius 3 is 2.85 bits per heavy atom.